The highest BCUT2D eigenvalue weighted by Gasteiger charge is 2.41. The monoisotopic (exact) mass is 600 g/mol. The van der Waals surface area contributed by atoms with Crippen molar-refractivity contribution in [2.45, 2.75) is 37.1 Å². The average molecular weight is 601 g/mol. The fourth-order valence-electron chi connectivity index (χ4n) is 4.05. The van der Waals surface area contributed by atoms with Gasteiger partial charge >= 0.3 is 17.6 Å². The van der Waals surface area contributed by atoms with E-state index < -0.39 is 60.4 Å². The number of ether oxygens (including phenoxy) is 3. The lowest BCUT2D eigenvalue weighted by molar-refractivity contribution is -0.168. The van der Waals surface area contributed by atoms with Crippen LogP contribution < -0.4 is 11.2 Å². The van der Waals surface area contributed by atoms with Crippen LogP contribution in [0.3, 0.4) is 0 Å². The SMILES string of the molecule is O=C(OC[C@H]1O[C@@H](n2cc(/C=C/Br)c(=O)[nH]c2=O)C[C@@H]1OC(=O)[C@H](O)c1ccccc1)[C@H](O)c1ccccc1. The number of benzene rings is 2. The predicted octanol–water partition coefficient (Wildman–Crippen LogP) is 2.11. The molecule has 1 aliphatic rings. The third-order valence-electron chi connectivity index (χ3n) is 6.06. The van der Waals surface area contributed by atoms with E-state index in [0.717, 1.165) is 4.57 Å². The Bertz CT molecular complexity index is 1440. The van der Waals surface area contributed by atoms with Crippen LogP contribution in [0, 0.1) is 0 Å². The second-order valence-electron chi connectivity index (χ2n) is 8.64. The Morgan fingerprint density at radius 3 is 2.21 bits per heavy atom. The van der Waals surface area contributed by atoms with Gasteiger partial charge in [0.1, 0.15) is 25.0 Å². The third kappa shape index (κ3) is 6.79. The van der Waals surface area contributed by atoms with Gasteiger partial charge in [0.25, 0.3) is 5.56 Å². The Balaban J connectivity index is 1.54. The standard InChI is InChI=1S/C27H25BrN2O9/c28-12-11-18-14-30(27(36)29-24(18)33)21-13-19(39-26(35)23(32)17-9-5-2-6-10-17)20(38-21)15-37-25(34)22(31)16-7-3-1-4-8-16/h1-12,14,19-23,31-32H,13,15H2,(H,29,33,36)/b12-11+/t19-,20+,21+,22+,23+/m0/s1. The highest BCUT2D eigenvalue weighted by atomic mass is 79.9. The molecule has 5 atom stereocenters. The van der Waals surface area contributed by atoms with Crippen molar-refractivity contribution in [1.29, 1.82) is 0 Å². The van der Waals surface area contributed by atoms with E-state index >= 15 is 0 Å². The first-order chi connectivity index (χ1) is 18.8. The second kappa shape index (κ2) is 12.8. The van der Waals surface area contributed by atoms with Crippen molar-refractivity contribution in [3.8, 4) is 0 Å². The molecule has 2 heterocycles. The van der Waals surface area contributed by atoms with Gasteiger partial charge in [-0.05, 0) is 22.2 Å². The Hall–Kier alpha value is -3.84. The molecule has 1 saturated heterocycles. The average Bonchev–Trinajstić information content (AvgIpc) is 3.35. The summed E-state index contributed by atoms with van der Waals surface area (Å²) in [5.74, 6) is -1.92. The van der Waals surface area contributed by atoms with Crippen LogP contribution in [0.25, 0.3) is 6.08 Å². The number of esters is 2. The van der Waals surface area contributed by atoms with Gasteiger partial charge in [0.2, 0.25) is 0 Å². The summed E-state index contributed by atoms with van der Waals surface area (Å²) in [4.78, 5) is 53.5. The number of aliphatic hydroxyl groups is 2. The van der Waals surface area contributed by atoms with E-state index in [-0.39, 0.29) is 12.0 Å². The number of nitrogens with one attached hydrogen (secondary N) is 1. The number of nitrogens with zero attached hydrogens (tertiary/aromatic N) is 1. The van der Waals surface area contributed by atoms with Crippen molar-refractivity contribution < 1.29 is 34.0 Å². The molecule has 3 N–H and O–H groups in total. The van der Waals surface area contributed by atoms with E-state index in [9.17, 15) is 29.4 Å². The molecule has 3 aromatic rings. The lowest BCUT2D eigenvalue weighted by Crippen LogP contribution is -2.34. The number of aromatic amines is 1. The molecule has 0 unspecified atom stereocenters. The van der Waals surface area contributed by atoms with E-state index in [1.807, 2.05) is 0 Å². The quantitative estimate of drug-likeness (QED) is 0.313. The maximum absolute atomic E-state index is 12.8. The van der Waals surface area contributed by atoms with E-state index in [1.165, 1.54) is 17.3 Å². The number of hydrogen-bond donors (Lipinski definition) is 3. The van der Waals surface area contributed by atoms with Crippen LogP contribution in [-0.4, -0.2) is 50.5 Å². The first-order valence-electron chi connectivity index (χ1n) is 11.9. The molecule has 0 amide bonds. The maximum atomic E-state index is 12.8. The molecule has 1 aromatic heterocycles. The van der Waals surface area contributed by atoms with Gasteiger partial charge in [-0.1, -0.05) is 76.6 Å². The van der Waals surface area contributed by atoms with E-state index in [4.69, 9.17) is 14.2 Å². The molecule has 1 fully saturated rings. The number of hydrogen-bond acceptors (Lipinski definition) is 9. The fraction of sp³-hybridized carbons (Fsp3) is 0.259. The Morgan fingerprint density at radius 2 is 1.62 bits per heavy atom. The van der Waals surface area contributed by atoms with Gasteiger partial charge < -0.3 is 24.4 Å². The summed E-state index contributed by atoms with van der Waals surface area (Å²) in [6, 6.07) is 16.3. The smallest absolute Gasteiger partial charge is 0.340 e. The van der Waals surface area contributed by atoms with E-state index in [0.29, 0.717) is 11.1 Å². The summed E-state index contributed by atoms with van der Waals surface area (Å²) in [7, 11) is 0. The molecule has 0 saturated carbocycles. The number of halogens is 1. The Labute approximate surface area is 230 Å². The number of carbonyl (C=O) groups is 2. The van der Waals surface area contributed by atoms with Crippen molar-refractivity contribution in [2.75, 3.05) is 6.61 Å². The zero-order valence-corrected chi connectivity index (χ0v) is 22.0. The van der Waals surface area contributed by atoms with Crippen LogP contribution in [0.4, 0.5) is 0 Å². The number of carbonyl (C=O) groups excluding carboxylic acids is 2. The van der Waals surface area contributed by atoms with Gasteiger partial charge in [0, 0.05) is 12.6 Å². The zero-order chi connectivity index (χ0) is 27.9. The van der Waals surface area contributed by atoms with Crippen molar-refractivity contribution in [1.82, 2.24) is 9.55 Å². The van der Waals surface area contributed by atoms with Gasteiger partial charge in [0.05, 0.1) is 5.56 Å². The van der Waals surface area contributed by atoms with Gasteiger partial charge in [0.15, 0.2) is 12.2 Å². The molecule has 4 rings (SSSR count). The first kappa shape index (κ1) is 28.2. The van der Waals surface area contributed by atoms with Crippen LogP contribution in [0.15, 0.2) is 81.4 Å². The lowest BCUT2D eigenvalue weighted by Gasteiger charge is -2.21. The third-order valence-corrected chi connectivity index (χ3v) is 6.33. The molecule has 2 aromatic carbocycles. The summed E-state index contributed by atoms with van der Waals surface area (Å²) >= 11 is 3.09. The Morgan fingerprint density at radius 1 is 1.03 bits per heavy atom. The van der Waals surface area contributed by atoms with Crippen LogP contribution >= 0.6 is 15.9 Å². The van der Waals surface area contributed by atoms with E-state index in [2.05, 4.69) is 20.9 Å². The van der Waals surface area contributed by atoms with E-state index in [1.54, 1.807) is 60.7 Å². The molecule has 0 radical (unpaired) electrons. The molecular weight excluding hydrogens is 576 g/mol. The van der Waals surface area contributed by atoms with Crippen LogP contribution in [0.5, 0.6) is 0 Å². The molecule has 12 heteroatoms. The summed E-state index contributed by atoms with van der Waals surface area (Å²) < 4.78 is 17.8. The zero-order valence-electron chi connectivity index (χ0n) is 20.4. The number of aliphatic hydroxyl groups excluding tert-OH is 2. The van der Waals surface area contributed by atoms with Gasteiger partial charge in [-0.3, -0.25) is 14.3 Å². The molecule has 11 nitrogen and oxygen atoms in total. The Kier molecular flexibility index (Phi) is 9.25. The summed E-state index contributed by atoms with van der Waals surface area (Å²) in [5.41, 5.74) is -0.574. The first-order valence-corrected chi connectivity index (χ1v) is 12.8. The molecule has 0 aliphatic carbocycles. The molecule has 1 aliphatic heterocycles. The fourth-order valence-corrected chi connectivity index (χ4v) is 4.33. The summed E-state index contributed by atoms with van der Waals surface area (Å²) in [6.45, 7) is -0.426. The van der Waals surface area contributed by atoms with Crippen LogP contribution in [-0.2, 0) is 23.8 Å². The van der Waals surface area contributed by atoms with Crippen LogP contribution in [0.2, 0.25) is 0 Å². The minimum Gasteiger partial charge on any atom is -0.461 e. The van der Waals surface area contributed by atoms with Crippen molar-refractivity contribution >= 4 is 33.9 Å². The number of rotatable bonds is 9. The largest absolute Gasteiger partial charge is 0.461 e. The van der Waals surface area contributed by atoms with Gasteiger partial charge in [-0.2, -0.15) is 0 Å². The van der Waals surface area contributed by atoms with Gasteiger partial charge in [-0.25, -0.2) is 14.4 Å². The molecule has 39 heavy (non-hydrogen) atoms. The second-order valence-corrected chi connectivity index (χ2v) is 9.17. The van der Waals surface area contributed by atoms with Crippen molar-refractivity contribution in [2.24, 2.45) is 0 Å². The van der Waals surface area contributed by atoms with Crippen molar-refractivity contribution in [3.63, 3.8) is 0 Å². The van der Waals surface area contributed by atoms with Crippen molar-refractivity contribution in [3.05, 3.63) is 109 Å². The van der Waals surface area contributed by atoms with Crippen LogP contribution in [0.1, 0.15) is 41.5 Å². The normalized spacial score (nSPS) is 20.4. The minimum atomic E-state index is -1.58. The van der Waals surface area contributed by atoms with Gasteiger partial charge in [-0.15, -0.1) is 0 Å². The lowest BCUT2D eigenvalue weighted by atomic mass is 10.1. The predicted molar refractivity (Wildman–Crippen MR) is 141 cm³/mol. The highest BCUT2D eigenvalue weighted by molar-refractivity contribution is 9.11. The molecule has 0 bridgehead atoms. The summed E-state index contributed by atoms with van der Waals surface area (Å²) in [6.07, 6.45) is -3.58. The maximum Gasteiger partial charge on any atom is 0.340 e. The number of H-pyrrole nitrogens is 1. The highest BCUT2D eigenvalue weighted by Crippen LogP contribution is 2.32. The molecule has 0 spiro atoms. The topological polar surface area (TPSA) is 157 Å². The molecular formula is C27H25BrN2O9. The molecule has 204 valence electrons. The number of aromatic nitrogens is 2. The minimum absolute atomic E-state index is 0.0554. The summed E-state index contributed by atoms with van der Waals surface area (Å²) in [5, 5.41) is 20.8.